The molecule has 0 atom stereocenters. The van der Waals surface area contributed by atoms with Gasteiger partial charge in [-0.3, -0.25) is 0 Å². The van der Waals surface area contributed by atoms with E-state index in [0.29, 0.717) is 16.7 Å². The summed E-state index contributed by atoms with van der Waals surface area (Å²) in [7, 11) is -4.03. The molecule has 0 saturated heterocycles. The summed E-state index contributed by atoms with van der Waals surface area (Å²) in [6.45, 7) is 0. The molecule has 1 aromatic heterocycles. The molecular weight excluding hydrogens is 287 g/mol. The van der Waals surface area contributed by atoms with Gasteiger partial charge in [-0.1, -0.05) is 22.9 Å². The van der Waals surface area contributed by atoms with Gasteiger partial charge in [-0.15, -0.1) is 0 Å². The summed E-state index contributed by atoms with van der Waals surface area (Å²) >= 11 is 6.09. The van der Waals surface area contributed by atoms with Crippen molar-refractivity contribution in [1.29, 1.82) is 0 Å². The van der Waals surface area contributed by atoms with E-state index in [0.717, 1.165) is 6.20 Å². The maximum Gasteiger partial charge on any atom is 0.305 e. The highest BCUT2D eigenvalue weighted by Gasteiger charge is 2.15. The zero-order valence-corrected chi connectivity index (χ0v) is 9.71. The molecule has 0 amide bonds. The molecule has 0 bridgehead atoms. The molecule has 0 radical (unpaired) electrons. The Morgan fingerprint density at radius 1 is 1.44 bits per heavy atom. The molecule has 0 aliphatic rings. The van der Waals surface area contributed by atoms with Crippen LogP contribution in [-0.2, 0) is 9.84 Å². The highest BCUT2D eigenvalue weighted by atomic mass is 35.5. The fourth-order valence-corrected chi connectivity index (χ4v) is 2.94. The second-order valence-corrected chi connectivity index (χ2v) is 6.06. The van der Waals surface area contributed by atoms with Crippen molar-refractivity contribution in [3.8, 4) is 0 Å². The minimum Gasteiger partial charge on any atom is -0.232 e. The number of sulfone groups is 1. The normalized spacial score (nSPS) is 12.0. The number of rotatable bonds is 3. The van der Waals surface area contributed by atoms with Gasteiger partial charge in [0, 0.05) is 5.41 Å². The van der Waals surface area contributed by atoms with E-state index in [2.05, 4.69) is 4.98 Å². The number of nitrogens with zero attached hydrogens (tertiary/aromatic N) is 1. The number of hydrogen-bond acceptors (Lipinski definition) is 4. The Morgan fingerprint density at radius 3 is 2.50 bits per heavy atom. The molecule has 0 spiro atoms. The van der Waals surface area contributed by atoms with Crippen molar-refractivity contribution in [2.24, 2.45) is 0 Å². The predicted octanol–water partition coefficient (Wildman–Crippen LogP) is 3.16. The van der Waals surface area contributed by atoms with E-state index < -0.39 is 21.7 Å². The lowest BCUT2D eigenvalue weighted by Gasteiger charge is -1.90. The standard InChI is InChI=1S/C7H3ClF3NO2S2/c8-5-3-12-7(15-5)16(13,14)2-1-4(9)6(10)11/h1-3H. The highest BCUT2D eigenvalue weighted by molar-refractivity contribution is 7.96. The molecule has 1 rings (SSSR count). The average Bonchev–Trinajstić information content (AvgIpc) is 2.61. The molecule has 0 aliphatic carbocycles. The third kappa shape index (κ3) is 3.32. The lowest BCUT2D eigenvalue weighted by Crippen LogP contribution is -1.94. The fraction of sp³-hybridized carbons (Fsp3) is 0. The van der Waals surface area contributed by atoms with Crippen LogP contribution in [-0.4, -0.2) is 13.4 Å². The van der Waals surface area contributed by atoms with Crippen LogP contribution in [0.25, 0.3) is 0 Å². The van der Waals surface area contributed by atoms with Crippen molar-refractivity contribution in [2.75, 3.05) is 0 Å². The molecule has 0 aromatic carbocycles. The van der Waals surface area contributed by atoms with Gasteiger partial charge in [0.25, 0.3) is 0 Å². The molecule has 3 nitrogen and oxygen atoms in total. The van der Waals surface area contributed by atoms with Crippen LogP contribution < -0.4 is 0 Å². The highest BCUT2D eigenvalue weighted by Crippen LogP contribution is 2.24. The Morgan fingerprint density at radius 2 is 2.06 bits per heavy atom. The predicted molar refractivity (Wildman–Crippen MR) is 53.8 cm³/mol. The third-order valence-electron chi connectivity index (χ3n) is 1.27. The first-order valence-corrected chi connectivity index (χ1v) is 6.32. The summed E-state index contributed by atoms with van der Waals surface area (Å²) in [5, 5.41) is 0.302. The molecule has 1 heterocycles. The quantitative estimate of drug-likeness (QED) is 0.803. The van der Waals surface area contributed by atoms with Crippen molar-refractivity contribution in [1.82, 2.24) is 4.98 Å². The van der Waals surface area contributed by atoms with Crippen LogP contribution in [0, 0.1) is 0 Å². The third-order valence-corrected chi connectivity index (χ3v) is 4.22. The van der Waals surface area contributed by atoms with Gasteiger partial charge in [-0.2, -0.15) is 8.78 Å². The smallest absolute Gasteiger partial charge is 0.232 e. The van der Waals surface area contributed by atoms with Crippen molar-refractivity contribution in [2.45, 2.75) is 4.34 Å². The number of halogens is 4. The fourth-order valence-electron chi connectivity index (χ4n) is 0.642. The average molecular weight is 290 g/mol. The Bertz CT molecular complexity index is 546. The number of hydrogen-bond donors (Lipinski definition) is 0. The lowest BCUT2D eigenvalue weighted by atomic mass is 10.6. The van der Waals surface area contributed by atoms with E-state index in [-0.39, 0.29) is 14.8 Å². The van der Waals surface area contributed by atoms with Gasteiger partial charge in [-0.05, 0) is 6.08 Å². The number of allylic oxidation sites excluding steroid dienone is 2. The largest absolute Gasteiger partial charge is 0.305 e. The van der Waals surface area contributed by atoms with Crippen molar-refractivity contribution < 1.29 is 21.6 Å². The van der Waals surface area contributed by atoms with Crippen LogP contribution in [0.2, 0.25) is 4.34 Å². The maximum atomic E-state index is 12.3. The van der Waals surface area contributed by atoms with E-state index in [1.165, 1.54) is 0 Å². The summed E-state index contributed by atoms with van der Waals surface area (Å²) in [6, 6.07) is 0. The van der Waals surface area contributed by atoms with E-state index in [1.807, 2.05) is 0 Å². The van der Waals surface area contributed by atoms with Crippen LogP contribution in [0.3, 0.4) is 0 Å². The molecule has 0 saturated carbocycles. The van der Waals surface area contributed by atoms with Gasteiger partial charge in [0.05, 0.1) is 6.20 Å². The van der Waals surface area contributed by atoms with Crippen molar-refractivity contribution in [3.63, 3.8) is 0 Å². The second-order valence-electron chi connectivity index (χ2n) is 2.39. The topological polar surface area (TPSA) is 47.0 Å². The first kappa shape index (κ1) is 13.2. The van der Waals surface area contributed by atoms with E-state index in [9.17, 15) is 21.6 Å². The summed E-state index contributed by atoms with van der Waals surface area (Å²) in [4.78, 5) is 3.43. The summed E-state index contributed by atoms with van der Waals surface area (Å²) in [5.41, 5.74) is 0. The Labute approximate surface area is 97.8 Å². The lowest BCUT2D eigenvalue weighted by molar-refractivity contribution is 0.387. The first-order valence-electron chi connectivity index (χ1n) is 3.58. The number of aromatic nitrogens is 1. The molecule has 0 aliphatic heterocycles. The van der Waals surface area contributed by atoms with Crippen molar-refractivity contribution >= 4 is 32.8 Å². The molecule has 0 N–H and O–H groups in total. The molecule has 0 fully saturated rings. The number of thiazole rings is 1. The monoisotopic (exact) mass is 289 g/mol. The molecule has 1 aromatic rings. The van der Waals surface area contributed by atoms with Gasteiger partial charge in [0.15, 0.2) is 5.83 Å². The molecule has 16 heavy (non-hydrogen) atoms. The molecular formula is C7H3ClF3NO2S2. The van der Waals surface area contributed by atoms with Gasteiger partial charge < -0.3 is 0 Å². The maximum absolute atomic E-state index is 12.3. The summed E-state index contributed by atoms with van der Waals surface area (Å²) < 4.78 is 58.0. The minimum absolute atomic E-state index is 0.125. The Balaban J connectivity index is 3.02. The van der Waals surface area contributed by atoms with Gasteiger partial charge >= 0.3 is 6.08 Å². The second kappa shape index (κ2) is 4.98. The van der Waals surface area contributed by atoms with Gasteiger partial charge in [-0.25, -0.2) is 17.8 Å². The molecule has 0 unspecified atom stereocenters. The Kier molecular flexibility index (Phi) is 4.11. The van der Waals surface area contributed by atoms with E-state index in [4.69, 9.17) is 11.6 Å². The first-order chi connectivity index (χ1) is 7.33. The zero-order chi connectivity index (χ0) is 12.3. The van der Waals surface area contributed by atoms with Gasteiger partial charge in [0.2, 0.25) is 14.2 Å². The van der Waals surface area contributed by atoms with Crippen LogP contribution in [0.15, 0.2) is 33.9 Å². The van der Waals surface area contributed by atoms with Crippen LogP contribution in [0.4, 0.5) is 13.2 Å². The SMILES string of the molecule is O=S(=O)(C=CC(F)=C(F)F)c1ncc(Cl)s1. The van der Waals surface area contributed by atoms with E-state index in [1.54, 1.807) is 0 Å². The van der Waals surface area contributed by atoms with Crippen LogP contribution in [0.1, 0.15) is 0 Å². The Hall–Kier alpha value is -0.860. The molecule has 88 valence electrons. The van der Waals surface area contributed by atoms with Crippen molar-refractivity contribution in [3.05, 3.63) is 33.9 Å². The minimum atomic E-state index is -4.03. The van der Waals surface area contributed by atoms with Crippen LogP contribution >= 0.6 is 22.9 Å². The zero-order valence-electron chi connectivity index (χ0n) is 7.32. The summed E-state index contributed by atoms with van der Waals surface area (Å²) in [5.74, 6) is -1.91. The van der Waals surface area contributed by atoms with E-state index >= 15 is 0 Å². The van der Waals surface area contributed by atoms with Crippen LogP contribution in [0.5, 0.6) is 0 Å². The summed E-state index contributed by atoms with van der Waals surface area (Å²) in [6.07, 6.45) is -1.35. The van der Waals surface area contributed by atoms with Gasteiger partial charge in [0.1, 0.15) is 4.34 Å². The molecule has 9 heteroatoms.